The van der Waals surface area contributed by atoms with Crippen molar-refractivity contribution in [3.8, 4) is 0 Å². The number of ether oxygens (including phenoxy) is 1. The molecule has 1 amide bonds. The minimum atomic E-state index is -0.450. The molecule has 1 aliphatic heterocycles. The Bertz CT molecular complexity index is 273. The zero-order valence-electron chi connectivity index (χ0n) is 11.4. The summed E-state index contributed by atoms with van der Waals surface area (Å²) in [5.41, 5.74) is 5.60. The fourth-order valence-electron chi connectivity index (χ4n) is 3.56. The molecule has 1 heterocycles. The van der Waals surface area contributed by atoms with Crippen LogP contribution in [0.2, 0.25) is 0 Å². The second-order valence-electron chi connectivity index (χ2n) is 5.60. The van der Waals surface area contributed by atoms with Crippen LogP contribution in [0.1, 0.15) is 44.9 Å². The summed E-state index contributed by atoms with van der Waals surface area (Å²) in [5, 5.41) is 0. The Morgan fingerprint density at radius 3 is 2.61 bits per heavy atom. The van der Waals surface area contributed by atoms with Gasteiger partial charge >= 0.3 is 0 Å². The minimum absolute atomic E-state index is 0.105. The molecule has 4 heteroatoms. The smallest absolute Gasteiger partial charge is 0.253 e. The van der Waals surface area contributed by atoms with E-state index in [1.807, 2.05) is 0 Å². The first-order valence-electron chi connectivity index (χ1n) is 7.31. The summed E-state index contributed by atoms with van der Waals surface area (Å²) in [6.07, 6.45) is 8.44. The lowest BCUT2D eigenvalue weighted by Crippen LogP contribution is -2.48. The maximum atomic E-state index is 12.4. The van der Waals surface area contributed by atoms with E-state index >= 15 is 0 Å². The van der Waals surface area contributed by atoms with Gasteiger partial charge in [-0.2, -0.15) is 0 Å². The van der Waals surface area contributed by atoms with Crippen molar-refractivity contribution in [1.82, 2.24) is 4.90 Å². The highest BCUT2D eigenvalue weighted by Crippen LogP contribution is 2.34. The van der Waals surface area contributed by atoms with Crippen molar-refractivity contribution in [2.24, 2.45) is 11.7 Å². The summed E-state index contributed by atoms with van der Waals surface area (Å²) in [7, 11) is 1.57. The van der Waals surface area contributed by atoms with Crippen molar-refractivity contribution in [3.05, 3.63) is 0 Å². The molecule has 1 saturated heterocycles. The summed E-state index contributed by atoms with van der Waals surface area (Å²) >= 11 is 0. The maximum Gasteiger partial charge on any atom is 0.253 e. The van der Waals surface area contributed by atoms with Gasteiger partial charge in [0, 0.05) is 26.2 Å². The third kappa shape index (κ3) is 2.86. The average molecular weight is 254 g/mol. The zero-order chi connectivity index (χ0) is 13.0. The molecule has 104 valence electrons. The summed E-state index contributed by atoms with van der Waals surface area (Å²) < 4.78 is 5.19. The normalized spacial score (nSPS) is 27.4. The molecule has 0 spiro atoms. The van der Waals surface area contributed by atoms with E-state index in [0.29, 0.717) is 12.0 Å². The molecule has 2 fully saturated rings. The van der Waals surface area contributed by atoms with Crippen LogP contribution in [0.4, 0.5) is 0 Å². The van der Waals surface area contributed by atoms with E-state index in [-0.39, 0.29) is 12.5 Å². The Hall–Kier alpha value is -0.610. The molecule has 1 saturated carbocycles. The van der Waals surface area contributed by atoms with Crippen LogP contribution in [-0.4, -0.2) is 43.2 Å². The van der Waals surface area contributed by atoms with E-state index in [4.69, 9.17) is 10.5 Å². The van der Waals surface area contributed by atoms with Gasteiger partial charge in [-0.3, -0.25) is 4.79 Å². The van der Waals surface area contributed by atoms with Crippen LogP contribution in [-0.2, 0) is 9.53 Å². The lowest BCUT2D eigenvalue weighted by atomic mass is 9.83. The summed E-state index contributed by atoms with van der Waals surface area (Å²) in [5.74, 6) is 0.813. The van der Waals surface area contributed by atoms with E-state index in [2.05, 4.69) is 4.90 Å². The Balaban J connectivity index is 1.99. The molecule has 1 aliphatic carbocycles. The van der Waals surface area contributed by atoms with E-state index in [1.54, 1.807) is 7.11 Å². The number of hydrogen-bond acceptors (Lipinski definition) is 3. The highest BCUT2D eigenvalue weighted by molar-refractivity contribution is 5.81. The lowest BCUT2D eigenvalue weighted by Gasteiger charge is -2.35. The number of amides is 1. The average Bonchev–Trinajstić information content (AvgIpc) is 2.90. The van der Waals surface area contributed by atoms with Crippen molar-refractivity contribution in [2.45, 2.75) is 57.1 Å². The number of hydrogen-bond donors (Lipinski definition) is 1. The topological polar surface area (TPSA) is 55.6 Å². The number of methoxy groups -OCH3 is 1. The predicted molar refractivity (Wildman–Crippen MR) is 71.2 cm³/mol. The van der Waals surface area contributed by atoms with Crippen molar-refractivity contribution >= 4 is 5.91 Å². The standard InChI is InChI=1S/C14H26N2O2/c1-18-13(10-15)14(17)16-9-5-8-12(16)11-6-3-2-4-7-11/h11-13H,2-10,15H2,1H3. The van der Waals surface area contributed by atoms with Gasteiger partial charge in [-0.1, -0.05) is 19.3 Å². The molecule has 2 atom stereocenters. The molecule has 2 aliphatic rings. The number of carbonyl (C=O) groups is 1. The van der Waals surface area contributed by atoms with Crippen LogP contribution >= 0.6 is 0 Å². The highest BCUT2D eigenvalue weighted by Gasteiger charge is 2.37. The highest BCUT2D eigenvalue weighted by atomic mass is 16.5. The van der Waals surface area contributed by atoms with E-state index in [9.17, 15) is 4.79 Å². The van der Waals surface area contributed by atoms with Crippen LogP contribution in [0.5, 0.6) is 0 Å². The molecule has 18 heavy (non-hydrogen) atoms. The van der Waals surface area contributed by atoms with Gasteiger partial charge in [0.15, 0.2) is 0 Å². The van der Waals surface area contributed by atoms with Crippen LogP contribution in [0, 0.1) is 5.92 Å². The van der Waals surface area contributed by atoms with Gasteiger partial charge in [-0.15, -0.1) is 0 Å². The molecular weight excluding hydrogens is 228 g/mol. The van der Waals surface area contributed by atoms with Gasteiger partial charge in [0.25, 0.3) is 5.91 Å². The third-order valence-corrected chi connectivity index (χ3v) is 4.55. The second-order valence-corrected chi connectivity index (χ2v) is 5.60. The molecule has 0 aromatic carbocycles. The number of likely N-dealkylation sites (tertiary alicyclic amines) is 1. The molecule has 0 bridgehead atoms. The zero-order valence-corrected chi connectivity index (χ0v) is 11.4. The van der Waals surface area contributed by atoms with Gasteiger partial charge in [-0.05, 0) is 31.6 Å². The molecule has 4 nitrogen and oxygen atoms in total. The van der Waals surface area contributed by atoms with Crippen molar-refractivity contribution in [1.29, 1.82) is 0 Å². The second kappa shape index (κ2) is 6.53. The largest absolute Gasteiger partial charge is 0.370 e. The van der Waals surface area contributed by atoms with Gasteiger partial charge < -0.3 is 15.4 Å². The lowest BCUT2D eigenvalue weighted by molar-refractivity contribution is -0.143. The number of nitrogens with zero attached hydrogens (tertiary/aromatic N) is 1. The van der Waals surface area contributed by atoms with Gasteiger partial charge in [0.1, 0.15) is 6.10 Å². The van der Waals surface area contributed by atoms with Crippen LogP contribution in [0.15, 0.2) is 0 Å². The van der Waals surface area contributed by atoms with E-state index < -0.39 is 6.10 Å². The van der Waals surface area contributed by atoms with Crippen molar-refractivity contribution in [2.75, 3.05) is 20.2 Å². The third-order valence-electron chi connectivity index (χ3n) is 4.55. The summed E-state index contributed by atoms with van der Waals surface area (Å²) in [6, 6.07) is 0.446. The molecule has 0 aromatic rings. The number of carbonyl (C=O) groups excluding carboxylic acids is 1. The maximum absolute atomic E-state index is 12.4. The van der Waals surface area contributed by atoms with Gasteiger partial charge in [-0.25, -0.2) is 0 Å². The number of nitrogens with two attached hydrogens (primary N) is 1. The van der Waals surface area contributed by atoms with Gasteiger partial charge in [0.05, 0.1) is 0 Å². The molecule has 0 radical (unpaired) electrons. The van der Waals surface area contributed by atoms with Crippen LogP contribution in [0.3, 0.4) is 0 Å². The fourth-order valence-corrected chi connectivity index (χ4v) is 3.56. The number of rotatable bonds is 4. The predicted octanol–water partition coefficient (Wildman–Crippen LogP) is 1.53. The first-order chi connectivity index (χ1) is 8.77. The van der Waals surface area contributed by atoms with Gasteiger partial charge in [0.2, 0.25) is 0 Å². The van der Waals surface area contributed by atoms with E-state index in [0.717, 1.165) is 19.4 Å². The van der Waals surface area contributed by atoms with E-state index in [1.165, 1.54) is 32.1 Å². The molecular formula is C14H26N2O2. The SMILES string of the molecule is COC(CN)C(=O)N1CCCC1C1CCCCC1. The van der Waals surface area contributed by atoms with Crippen LogP contribution < -0.4 is 5.73 Å². The molecule has 0 aromatic heterocycles. The fraction of sp³-hybridized carbons (Fsp3) is 0.929. The minimum Gasteiger partial charge on any atom is -0.370 e. The first-order valence-corrected chi connectivity index (χ1v) is 7.31. The van der Waals surface area contributed by atoms with Crippen LogP contribution in [0.25, 0.3) is 0 Å². The molecule has 2 unspecified atom stereocenters. The summed E-state index contributed by atoms with van der Waals surface area (Å²) in [4.78, 5) is 14.4. The van der Waals surface area contributed by atoms with Crippen molar-refractivity contribution < 1.29 is 9.53 Å². The Morgan fingerprint density at radius 1 is 1.28 bits per heavy atom. The quantitative estimate of drug-likeness (QED) is 0.828. The Morgan fingerprint density at radius 2 is 2.00 bits per heavy atom. The Labute approximate surface area is 110 Å². The Kier molecular flexibility index (Phi) is 5.01. The first kappa shape index (κ1) is 13.8. The molecule has 2 N–H and O–H groups in total. The van der Waals surface area contributed by atoms with Crippen molar-refractivity contribution in [3.63, 3.8) is 0 Å². The monoisotopic (exact) mass is 254 g/mol. The molecule has 2 rings (SSSR count). The summed E-state index contributed by atoms with van der Waals surface area (Å²) in [6.45, 7) is 1.17.